The maximum Gasteiger partial charge on any atom is 0.111 e. The lowest BCUT2D eigenvalue weighted by Gasteiger charge is -1.98. The van der Waals surface area contributed by atoms with Gasteiger partial charge in [-0.1, -0.05) is 45.7 Å². The fraction of sp³-hybridized carbons (Fsp3) is 0.0714. The monoisotopic (exact) mass is 320 g/mol. The van der Waals surface area contributed by atoms with E-state index in [4.69, 9.17) is 11.6 Å². The molecule has 3 rings (SSSR count). The Labute approximate surface area is 118 Å². The molecule has 3 aromatic rings. The molecule has 0 unspecified atom stereocenters. The Bertz CT molecular complexity index is 706. The summed E-state index contributed by atoms with van der Waals surface area (Å²) < 4.78 is 1.08. The number of fused-ring (bicyclic) bond motifs is 1. The second-order valence-electron chi connectivity index (χ2n) is 4.13. The molecule has 0 aliphatic carbocycles. The third kappa shape index (κ3) is 2.28. The molecule has 0 fully saturated rings. The molecule has 0 spiro atoms. The molecule has 0 aliphatic heterocycles. The van der Waals surface area contributed by atoms with Crippen molar-refractivity contribution in [3.63, 3.8) is 0 Å². The van der Waals surface area contributed by atoms with Gasteiger partial charge in [0.1, 0.15) is 11.3 Å². The summed E-state index contributed by atoms with van der Waals surface area (Å²) in [6.45, 7) is 0. The largest absolute Gasteiger partial charge is 0.342 e. The van der Waals surface area contributed by atoms with Crippen molar-refractivity contribution in [2.45, 2.75) is 6.42 Å². The van der Waals surface area contributed by atoms with E-state index in [0.717, 1.165) is 27.8 Å². The maximum atomic E-state index is 6.11. The van der Waals surface area contributed by atoms with Gasteiger partial charge in [-0.25, -0.2) is 4.98 Å². The summed E-state index contributed by atoms with van der Waals surface area (Å²) in [6.07, 6.45) is 0.768. The topological polar surface area (TPSA) is 28.7 Å². The normalized spacial score (nSPS) is 11.0. The van der Waals surface area contributed by atoms with Crippen LogP contribution in [0.3, 0.4) is 0 Å². The molecule has 90 valence electrons. The molecule has 1 N–H and O–H groups in total. The second-order valence-corrected chi connectivity index (χ2v) is 5.45. The van der Waals surface area contributed by atoms with Crippen molar-refractivity contribution in [1.82, 2.24) is 9.97 Å². The highest BCUT2D eigenvalue weighted by Crippen LogP contribution is 2.22. The predicted molar refractivity (Wildman–Crippen MR) is 78.1 cm³/mol. The summed E-state index contributed by atoms with van der Waals surface area (Å²) >= 11 is 9.58. The highest BCUT2D eigenvalue weighted by Gasteiger charge is 2.06. The maximum absolute atomic E-state index is 6.11. The first-order valence-electron chi connectivity index (χ1n) is 5.60. The zero-order valence-electron chi connectivity index (χ0n) is 9.45. The molecule has 2 aromatic carbocycles. The van der Waals surface area contributed by atoms with Crippen molar-refractivity contribution in [2.24, 2.45) is 0 Å². The van der Waals surface area contributed by atoms with Crippen molar-refractivity contribution < 1.29 is 0 Å². The quantitative estimate of drug-likeness (QED) is 0.736. The molecule has 2 nitrogen and oxygen atoms in total. The van der Waals surface area contributed by atoms with Crippen LogP contribution >= 0.6 is 27.5 Å². The number of H-pyrrole nitrogens is 1. The van der Waals surface area contributed by atoms with Crippen LogP contribution in [0.4, 0.5) is 0 Å². The summed E-state index contributed by atoms with van der Waals surface area (Å²) in [5, 5.41) is 0.684. The SMILES string of the molecule is Clc1cccc2[nH]c(Cc3cccc(Br)c3)nc12. The Hall–Kier alpha value is -1.32. The fourth-order valence-corrected chi connectivity index (χ4v) is 2.64. The van der Waals surface area contributed by atoms with Crippen LogP contribution in [-0.4, -0.2) is 9.97 Å². The van der Waals surface area contributed by atoms with Crippen LogP contribution in [0.25, 0.3) is 11.0 Å². The molecule has 18 heavy (non-hydrogen) atoms. The minimum Gasteiger partial charge on any atom is -0.342 e. The molecule has 4 heteroatoms. The highest BCUT2D eigenvalue weighted by atomic mass is 79.9. The first kappa shape index (κ1) is 11.8. The Morgan fingerprint density at radius 1 is 1.17 bits per heavy atom. The van der Waals surface area contributed by atoms with Crippen molar-refractivity contribution in [3.8, 4) is 0 Å². The van der Waals surface area contributed by atoms with E-state index in [2.05, 4.69) is 38.0 Å². The molecular formula is C14H10BrClN2. The van der Waals surface area contributed by atoms with Crippen molar-refractivity contribution >= 4 is 38.6 Å². The first-order valence-corrected chi connectivity index (χ1v) is 6.77. The van der Waals surface area contributed by atoms with Gasteiger partial charge in [0.05, 0.1) is 10.5 Å². The van der Waals surface area contributed by atoms with Crippen LogP contribution in [-0.2, 0) is 6.42 Å². The number of hydrogen-bond donors (Lipinski definition) is 1. The number of halogens is 2. The smallest absolute Gasteiger partial charge is 0.111 e. The first-order chi connectivity index (χ1) is 8.72. The summed E-state index contributed by atoms with van der Waals surface area (Å²) in [4.78, 5) is 7.83. The summed E-state index contributed by atoms with van der Waals surface area (Å²) in [7, 11) is 0. The molecule has 0 amide bonds. The number of hydrogen-bond acceptors (Lipinski definition) is 1. The average Bonchev–Trinajstić information content (AvgIpc) is 2.73. The number of para-hydroxylation sites is 1. The predicted octanol–water partition coefficient (Wildman–Crippen LogP) is 4.57. The number of benzene rings is 2. The minimum atomic E-state index is 0.684. The zero-order valence-corrected chi connectivity index (χ0v) is 11.8. The molecule has 0 saturated heterocycles. The fourth-order valence-electron chi connectivity index (χ4n) is 1.97. The second kappa shape index (κ2) is 4.75. The minimum absolute atomic E-state index is 0.684. The lowest BCUT2D eigenvalue weighted by atomic mass is 10.1. The van der Waals surface area contributed by atoms with Gasteiger partial charge in [-0.05, 0) is 29.8 Å². The van der Waals surface area contributed by atoms with Crippen LogP contribution in [0.5, 0.6) is 0 Å². The van der Waals surface area contributed by atoms with E-state index in [-0.39, 0.29) is 0 Å². The van der Waals surface area contributed by atoms with Gasteiger partial charge < -0.3 is 4.98 Å². The Balaban J connectivity index is 1.98. The average molecular weight is 322 g/mol. The summed E-state index contributed by atoms with van der Waals surface area (Å²) in [5.74, 6) is 0.927. The van der Waals surface area contributed by atoms with Crippen LogP contribution < -0.4 is 0 Å². The molecule has 1 aromatic heterocycles. The van der Waals surface area contributed by atoms with E-state index >= 15 is 0 Å². The Morgan fingerprint density at radius 3 is 2.78 bits per heavy atom. The van der Waals surface area contributed by atoms with E-state index in [9.17, 15) is 0 Å². The van der Waals surface area contributed by atoms with Crippen LogP contribution in [0.2, 0.25) is 5.02 Å². The summed E-state index contributed by atoms with van der Waals surface area (Å²) in [5.41, 5.74) is 3.02. The molecule has 0 atom stereocenters. The molecular weight excluding hydrogens is 312 g/mol. The number of aromatic nitrogens is 2. The molecule has 0 bridgehead atoms. The number of imidazole rings is 1. The Morgan fingerprint density at radius 2 is 2.00 bits per heavy atom. The lowest BCUT2D eigenvalue weighted by molar-refractivity contribution is 1.04. The third-order valence-electron chi connectivity index (χ3n) is 2.77. The van der Waals surface area contributed by atoms with Gasteiger partial charge in [0.15, 0.2) is 0 Å². The van der Waals surface area contributed by atoms with E-state index in [1.165, 1.54) is 5.56 Å². The van der Waals surface area contributed by atoms with E-state index in [1.807, 2.05) is 30.3 Å². The van der Waals surface area contributed by atoms with Gasteiger partial charge >= 0.3 is 0 Å². The van der Waals surface area contributed by atoms with E-state index < -0.39 is 0 Å². The van der Waals surface area contributed by atoms with Gasteiger partial charge in [-0.2, -0.15) is 0 Å². The standard InChI is InChI=1S/C14H10BrClN2/c15-10-4-1-3-9(7-10)8-13-17-12-6-2-5-11(16)14(12)18-13/h1-7H,8H2,(H,17,18). The Kier molecular flexibility index (Phi) is 3.10. The number of aromatic amines is 1. The zero-order chi connectivity index (χ0) is 12.5. The van der Waals surface area contributed by atoms with E-state index in [1.54, 1.807) is 0 Å². The molecule has 0 saturated carbocycles. The van der Waals surface area contributed by atoms with Gasteiger partial charge in [0.25, 0.3) is 0 Å². The highest BCUT2D eigenvalue weighted by molar-refractivity contribution is 9.10. The third-order valence-corrected chi connectivity index (χ3v) is 3.57. The van der Waals surface area contributed by atoms with Crippen molar-refractivity contribution in [2.75, 3.05) is 0 Å². The van der Waals surface area contributed by atoms with Gasteiger partial charge in [0, 0.05) is 10.9 Å². The molecule has 1 heterocycles. The van der Waals surface area contributed by atoms with Crippen LogP contribution in [0, 0.1) is 0 Å². The van der Waals surface area contributed by atoms with Gasteiger partial charge in [0.2, 0.25) is 0 Å². The van der Waals surface area contributed by atoms with Crippen LogP contribution in [0.15, 0.2) is 46.9 Å². The summed E-state index contributed by atoms with van der Waals surface area (Å²) in [6, 6.07) is 14.0. The van der Waals surface area contributed by atoms with Crippen molar-refractivity contribution in [1.29, 1.82) is 0 Å². The van der Waals surface area contributed by atoms with Crippen molar-refractivity contribution in [3.05, 3.63) is 63.3 Å². The van der Waals surface area contributed by atoms with E-state index in [0.29, 0.717) is 5.02 Å². The lowest BCUT2D eigenvalue weighted by Crippen LogP contribution is -1.90. The van der Waals surface area contributed by atoms with Gasteiger partial charge in [-0.3, -0.25) is 0 Å². The molecule has 0 aliphatic rings. The van der Waals surface area contributed by atoms with Gasteiger partial charge in [-0.15, -0.1) is 0 Å². The molecule has 0 radical (unpaired) electrons. The number of rotatable bonds is 2. The number of nitrogens with one attached hydrogen (secondary N) is 1. The number of nitrogens with zero attached hydrogens (tertiary/aromatic N) is 1. The van der Waals surface area contributed by atoms with Crippen LogP contribution in [0.1, 0.15) is 11.4 Å².